The van der Waals surface area contributed by atoms with Crippen LogP contribution in [0.1, 0.15) is 52.3 Å². The van der Waals surface area contributed by atoms with E-state index in [1.54, 1.807) is 6.33 Å². The number of aromatic nitrogens is 2. The van der Waals surface area contributed by atoms with Crippen LogP contribution in [0.5, 0.6) is 5.88 Å². The highest BCUT2D eigenvalue weighted by Gasteiger charge is 2.25. The summed E-state index contributed by atoms with van der Waals surface area (Å²) in [6.07, 6.45) is 3.64. The summed E-state index contributed by atoms with van der Waals surface area (Å²) in [4.78, 5) is 8.66. The summed E-state index contributed by atoms with van der Waals surface area (Å²) in [6, 6.07) is 0.394. The third-order valence-electron chi connectivity index (χ3n) is 3.51. The molecule has 20 heavy (non-hydrogen) atoms. The van der Waals surface area contributed by atoms with Crippen molar-refractivity contribution in [2.75, 3.05) is 13.2 Å². The lowest BCUT2D eigenvalue weighted by molar-refractivity contribution is 0.264. The van der Waals surface area contributed by atoms with Crippen LogP contribution in [0.25, 0.3) is 0 Å². The van der Waals surface area contributed by atoms with E-state index in [0.29, 0.717) is 18.5 Å². The molecule has 1 aromatic heterocycles. The Morgan fingerprint density at radius 2 is 1.95 bits per heavy atom. The fourth-order valence-corrected chi connectivity index (χ4v) is 2.15. The molecule has 1 N–H and O–H groups in total. The van der Waals surface area contributed by atoms with Crippen LogP contribution >= 0.6 is 0 Å². The Kier molecular flexibility index (Phi) is 6.40. The molecule has 114 valence electrons. The van der Waals surface area contributed by atoms with Gasteiger partial charge in [0.2, 0.25) is 5.88 Å². The van der Waals surface area contributed by atoms with Gasteiger partial charge in [0.05, 0.1) is 12.3 Å². The van der Waals surface area contributed by atoms with Gasteiger partial charge in [-0.25, -0.2) is 9.97 Å². The summed E-state index contributed by atoms with van der Waals surface area (Å²) in [7, 11) is 0. The van der Waals surface area contributed by atoms with Crippen molar-refractivity contribution in [3.63, 3.8) is 0 Å². The molecule has 0 saturated heterocycles. The lowest BCUT2D eigenvalue weighted by atomic mass is 9.83. The van der Waals surface area contributed by atoms with E-state index >= 15 is 0 Å². The van der Waals surface area contributed by atoms with Crippen molar-refractivity contribution in [3.8, 4) is 5.88 Å². The predicted octanol–water partition coefficient (Wildman–Crippen LogP) is 3.14. The lowest BCUT2D eigenvalue weighted by Gasteiger charge is -2.32. The molecule has 0 spiro atoms. The minimum absolute atomic E-state index is 0.193. The lowest BCUT2D eigenvalue weighted by Crippen LogP contribution is -2.42. The molecule has 4 heteroatoms. The van der Waals surface area contributed by atoms with E-state index in [-0.39, 0.29) is 5.41 Å². The molecule has 0 saturated carbocycles. The minimum Gasteiger partial charge on any atom is -0.478 e. The average Bonchev–Trinajstić information content (AvgIpc) is 2.37. The van der Waals surface area contributed by atoms with Gasteiger partial charge in [0.15, 0.2) is 0 Å². The van der Waals surface area contributed by atoms with Crippen molar-refractivity contribution in [2.24, 2.45) is 5.41 Å². The number of hydrogen-bond donors (Lipinski definition) is 1. The highest BCUT2D eigenvalue weighted by atomic mass is 16.5. The Balaban J connectivity index is 2.90. The molecule has 1 rings (SSSR count). The maximum atomic E-state index is 5.55. The van der Waals surface area contributed by atoms with Crippen LogP contribution < -0.4 is 10.1 Å². The van der Waals surface area contributed by atoms with E-state index in [1.165, 1.54) is 0 Å². The van der Waals surface area contributed by atoms with Gasteiger partial charge in [-0.1, -0.05) is 27.7 Å². The summed E-state index contributed by atoms with van der Waals surface area (Å²) < 4.78 is 5.55. The molecule has 1 atom stereocenters. The number of rotatable bonds is 7. The van der Waals surface area contributed by atoms with Gasteiger partial charge in [-0.15, -0.1) is 0 Å². The fourth-order valence-electron chi connectivity index (χ4n) is 2.15. The van der Waals surface area contributed by atoms with Gasteiger partial charge in [0.25, 0.3) is 0 Å². The first kappa shape index (κ1) is 16.9. The van der Waals surface area contributed by atoms with E-state index < -0.39 is 0 Å². The monoisotopic (exact) mass is 279 g/mol. The molecule has 0 amide bonds. The van der Waals surface area contributed by atoms with Gasteiger partial charge < -0.3 is 10.1 Å². The summed E-state index contributed by atoms with van der Waals surface area (Å²) in [5.74, 6) is 0.709. The largest absolute Gasteiger partial charge is 0.478 e. The van der Waals surface area contributed by atoms with Gasteiger partial charge in [0.1, 0.15) is 6.33 Å². The molecular weight excluding hydrogens is 250 g/mol. The first-order valence-corrected chi connectivity index (χ1v) is 7.56. The third kappa shape index (κ3) is 4.75. The van der Waals surface area contributed by atoms with Crippen LogP contribution in [0, 0.1) is 12.3 Å². The van der Waals surface area contributed by atoms with Crippen LogP contribution in [0.2, 0.25) is 0 Å². The number of ether oxygens (including phenoxy) is 1. The quantitative estimate of drug-likeness (QED) is 0.833. The molecular formula is C16H29N3O. The van der Waals surface area contributed by atoms with E-state index in [9.17, 15) is 0 Å². The highest BCUT2D eigenvalue weighted by molar-refractivity contribution is 5.28. The minimum atomic E-state index is 0.193. The van der Waals surface area contributed by atoms with E-state index in [1.807, 2.05) is 13.8 Å². The van der Waals surface area contributed by atoms with E-state index in [2.05, 4.69) is 43.0 Å². The van der Waals surface area contributed by atoms with Gasteiger partial charge in [-0.2, -0.15) is 0 Å². The zero-order valence-electron chi connectivity index (χ0n) is 13.8. The van der Waals surface area contributed by atoms with E-state index in [4.69, 9.17) is 4.74 Å². The first-order chi connectivity index (χ1) is 9.40. The van der Waals surface area contributed by atoms with Crippen LogP contribution in [0.4, 0.5) is 0 Å². The second kappa shape index (κ2) is 7.58. The molecule has 0 bridgehead atoms. The number of nitrogens with zero attached hydrogens (tertiary/aromatic N) is 2. The third-order valence-corrected chi connectivity index (χ3v) is 3.51. The van der Waals surface area contributed by atoms with Crippen LogP contribution in [-0.4, -0.2) is 29.2 Å². The molecule has 0 aromatic carbocycles. The Bertz CT molecular complexity index is 413. The molecule has 0 aliphatic rings. The van der Waals surface area contributed by atoms with Gasteiger partial charge in [-0.3, -0.25) is 0 Å². The Morgan fingerprint density at radius 3 is 2.50 bits per heavy atom. The smallest absolute Gasteiger partial charge is 0.219 e. The molecule has 0 aliphatic heterocycles. The number of nitrogens with one attached hydrogen (secondary N) is 1. The Labute approximate surface area is 123 Å². The van der Waals surface area contributed by atoms with Crippen LogP contribution in [-0.2, 0) is 6.42 Å². The normalized spacial score (nSPS) is 13.3. The van der Waals surface area contributed by atoms with Gasteiger partial charge >= 0.3 is 0 Å². The van der Waals surface area contributed by atoms with Gasteiger partial charge in [0, 0.05) is 18.0 Å². The Morgan fingerprint density at radius 1 is 1.25 bits per heavy atom. The highest BCUT2D eigenvalue weighted by Crippen LogP contribution is 2.25. The Hall–Kier alpha value is -1.16. The SMILES string of the molecule is CCCNC(Cc1ncnc(OCC)c1C)C(C)(C)C. The topological polar surface area (TPSA) is 47.0 Å². The maximum absolute atomic E-state index is 5.55. The maximum Gasteiger partial charge on any atom is 0.219 e. The zero-order valence-corrected chi connectivity index (χ0v) is 13.8. The molecule has 0 radical (unpaired) electrons. The van der Waals surface area contributed by atoms with Crippen LogP contribution in [0.3, 0.4) is 0 Å². The summed E-state index contributed by atoms with van der Waals surface area (Å²) >= 11 is 0. The number of hydrogen-bond acceptors (Lipinski definition) is 4. The van der Waals surface area contributed by atoms with Crippen molar-refractivity contribution >= 4 is 0 Å². The molecule has 0 fully saturated rings. The summed E-state index contributed by atoms with van der Waals surface area (Å²) in [5.41, 5.74) is 2.33. The van der Waals surface area contributed by atoms with Crippen molar-refractivity contribution in [3.05, 3.63) is 17.6 Å². The van der Waals surface area contributed by atoms with Crippen molar-refractivity contribution in [1.29, 1.82) is 0 Å². The van der Waals surface area contributed by atoms with E-state index in [0.717, 1.165) is 30.6 Å². The summed E-state index contributed by atoms with van der Waals surface area (Å²) in [5, 5.41) is 3.64. The van der Waals surface area contributed by atoms with Crippen molar-refractivity contribution < 1.29 is 4.74 Å². The zero-order chi connectivity index (χ0) is 15.2. The molecule has 4 nitrogen and oxygen atoms in total. The molecule has 1 aromatic rings. The standard InChI is InChI=1S/C16H29N3O/c1-7-9-17-14(16(4,5)6)10-13-12(3)15(20-8-2)19-11-18-13/h11,14,17H,7-10H2,1-6H3. The van der Waals surface area contributed by atoms with Crippen molar-refractivity contribution in [1.82, 2.24) is 15.3 Å². The fraction of sp³-hybridized carbons (Fsp3) is 0.750. The predicted molar refractivity (Wildman–Crippen MR) is 83.2 cm³/mol. The first-order valence-electron chi connectivity index (χ1n) is 7.56. The molecule has 1 unspecified atom stereocenters. The second-order valence-electron chi connectivity index (χ2n) is 6.26. The average molecular weight is 279 g/mol. The molecule has 1 heterocycles. The molecule has 0 aliphatic carbocycles. The van der Waals surface area contributed by atoms with Crippen molar-refractivity contribution in [2.45, 2.75) is 60.4 Å². The second-order valence-corrected chi connectivity index (χ2v) is 6.26. The van der Waals surface area contributed by atoms with Crippen LogP contribution in [0.15, 0.2) is 6.33 Å². The van der Waals surface area contributed by atoms with Gasteiger partial charge in [-0.05, 0) is 32.2 Å². The summed E-state index contributed by atoms with van der Waals surface area (Å²) in [6.45, 7) is 14.7.